The number of phenols is 1. The molecule has 0 aromatic heterocycles. The van der Waals surface area contributed by atoms with Crippen LogP contribution < -0.4 is 5.32 Å². The number of para-hydroxylation sites is 2. The van der Waals surface area contributed by atoms with Crippen molar-refractivity contribution in [2.45, 2.75) is 13.1 Å². The predicted molar refractivity (Wildman–Crippen MR) is 76.8 cm³/mol. The quantitative estimate of drug-likeness (QED) is 0.655. The molecule has 0 saturated heterocycles. The molecule has 0 amide bonds. The molecule has 0 aliphatic carbocycles. The van der Waals surface area contributed by atoms with Crippen molar-refractivity contribution < 1.29 is 10.0 Å². The summed E-state index contributed by atoms with van der Waals surface area (Å²) < 4.78 is 0. The van der Waals surface area contributed by atoms with Crippen LogP contribution in [0.2, 0.25) is 5.02 Å². The van der Waals surface area contributed by atoms with Gasteiger partial charge >= 0.3 is 0 Å². The molecule has 0 heterocycles. The maximum atomic E-state index is 10.9. The Morgan fingerprint density at radius 1 is 1.10 bits per heavy atom. The summed E-state index contributed by atoms with van der Waals surface area (Å²) in [6.07, 6.45) is 0. The second kappa shape index (κ2) is 6.36. The summed E-state index contributed by atoms with van der Waals surface area (Å²) in [4.78, 5) is 10.5. The van der Waals surface area contributed by atoms with Gasteiger partial charge in [-0.15, -0.1) is 0 Å². The number of aromatic hydroxyl groups is 1. The van der Waals surface area contributed by atoms with Crippen LogP contribution in [0.15, 0.2) is 42.5 Å². The molecular weight excluding hydrogens is 280 g/mol. The first-order chi connectivity index (χ1) is 9.59. The highest BCUT2D eigenvalue weighted by Gasteiger charge is 2.12. The number of phenolic OH excluding ortho intramolecular Hbond substituents is 1. The van der Waals surface area contributed by atoms with E-state index in [9.17, 15) is 15.2 Å². The van der Waals surface area contributed by atoms with Gasteiger partial charge in [-0.2, -0.15) is 0 Å². The number of nitro groups is 1. The molecule has 6 heteroatoms. The molecule has 0 fully saturated rings. The maximum absolute atomic E-state index is 10.9. The number of rotatable bonds is 5. The van der Waals surface area contributed by atoms with E-state index in [4.69, 9.17) is 11.6 Å². The molecule has 0 saturated carbocycles. The van der Waals surface area contributed by atoms with E-state index in [2.05, 4.69) is 5.32 Å². The Labute approximate surface area is 121 Å². The lowest BCUT2D eigenvalue weighted by atomic mass is 10.1. The summed E-state index contributed by atoms with van der Waals surface area (Å²) in [7, 11) is 0. The van der Waals surface area contributed by atoms with Crippen LogP contribution in [0.1, 0.15) is 11.1 Å². The van der Waals surface area contributed by atoms with Gasteiger partial charge in [0.15, 0.2) is 0 Å². The zero-order valence-corrected chi connectivity index (χ0v) is 11.3. The normalized spacial score (nSPS) is 10.4. The standard InChI is InChI=1S/C14H13ClN2O3/c15-12-6-3-5-11(14(12)18)9-16-8-10-4-1-2-7-13(10)17(19)20/h1-7,16,18H,8-9H2. The SMILES string of the molecule is O=[N+]([O-])c1ccccc1CNCc1cccc(Cl)c1O. The molecule has 0 atom stereocenters. The van der Waals surface area contributed by atoms with Crippen LogP contribution in [-0.2, 0) is 13.1 Å². The van der Waals surface area contributed by atoms with E-state index >= 15 is 0 Å². The Morgan fingerprint density at radius 2 is 1.75 bits per heavy atom. The Hall–Kier alpha value is -2.11. The predicted octanol–water partition coefficient (Wildman–Crippen LogP) is 3.24. The highest BCUT2D eigenvalue weighted by molar-refractivity contribution is 6.32. The summed E-state index contributed by atoms with van der Waals surface area (Å²) in [5.74, 6) is 0.0317. The van der Waals surface area contributed by atoms with E-state index < -0.39 is 4.92 Å². The average molecular weight is 293 g/mol. The molecule has 104 valence electrons. The van der Waals surface area contributed by atoms with Gasteiger partial charge in [0, 0.05) is 30.3 Å². The zero-order chi connectivity index (χ0) is 14.5. The molecule has 0 unspecified atom stereocenters. The number of halogens is 1. The van der Waals surface area contributed by atoms with E-state index in [-0.39, 0.29) is 16.5 Å². The summed E-state index contributed by atoms with van der Waals surface area (Å²) in [6.45, 7) is 0.710. The first kappa shape index (κ1) is 14.3. The third kappa shape index (κ3) is 3.26. The van der Waals surface area contributed by atoms with Crippen molar-refractivity contribution in [2.75, 3.05) is 0 Å². The van der Waals surface area contributed by atoms with Crippen molar-refractivity contribution >= 4 is 17.3 Å². The minimum absolute atomic E-state index is 0.0317. The molecule has 2 aromatic rings. The van der Waals surface area contributed by atoms with E-state index in [1.165, 1.54) is 6.07 Å². The van der Waals surface area contributed by atoms with E-state index in [1.54, 1.807) is 36.4 Å². The van der Waals surface area contributed by atoms with Crippen LogP contribution in [-0.4, -0.2) is 10.0 Å². The number of nitro benzene ring substituents is 1. The lowest BCUT2D eigenvalue weighted by Crippen LogP contribution is -2.13. The summed E-state index contributed by atoms with van der Waals surface area (Å²) in [5.41, 5.74) is 1.32. The lowest BCUT2D eigenvalue weighted by molar-refractivity contribution is -0.385. The maximum Gasteiger partial charge on any atom is 0.273 e. The van der Waals surface area contributed by atoms with E-state index in [1.807, 2.05) is 0 Å². The van der Waals surface area contributed by atoms with Gasteiger partial charge in [-0.3, -0.25) is 10.1 Å². The number of hydrogen-bond acceptors (Lipinski definition) is 4. The van der Waals surface area contributed by atoms with Gasteiger partial charge in [0.2, 0.25) is 0 Å². The highest BCUT2D eigenvalue weighted by atomic mass is 35.5. The van der Waals surface area contributed by atoms with Crippen LogP contribution in [0.25, 0.3) is 0 Å². The largest absolute Gasteiger partial charge is 0.506 e. The van der Waals surface area contributed by atoms with Crippen molar-refractivity contribution in [1.29, 1.82) is 0 Å². The summed E-state index contributed by atoms with van der Waals surface area (Å²) in [6, 6.07) is 11.6. The number of nitrogens with one attached hydrogen (secondary N) is 1. The minimum atomic E-state index is -0.409. The van der Waals surface area contributed by atoms with Crippen molar-refractivity contribution in [2.24, 2.45) is 0 Å². The van der Waals surface area contributed by atoms with Gasteiger partial charge in [-0.1, -0.05) is 41.9 Å². The van der Waals surface area contributed by atoms with Crippen LogP contribution >= 0.6 is 11.6 Å². The second-order valence-electron chi connectivity index (χ2n) is 4.24. The molecule has 2 rings (SSSR count). The van der Waals surface area contributed by atoms with Gasteiger partial charge in [0.25, 0.3) is 5.69 Å². The van der Waals surface area contributed by atoms with E-state index in [0.29, 0.717) is 24.2 Å². The molecule has 0 aliphatic rings. The topological polar surface area (TPSA) is 75.4 Å². The first-order valence-electron chi connectivity index (χ1n) is 5.99. The molecule has 5 nitrogen and oxygen atoms in total. The Morgan fingerprint density at radius 3 is 2.50 bits per heavy atom. The van der Waals surface area contributed by atoms with Gasteiger partial charge in [0.05, 0.1) is 9.95 Å². The lowest BCUT2D eigenvalue weighted by Gasteiger charge is -2.08. The third-order valence-electron chi connectivity index (χ3n) is 2.89. The Balaban J connectivity index is 2.03. The van der Waals surface area contributed by atoms with E-state index in [0.717, 1.165) is 0 Å². The van der Waals surface area contributed by atoms with Crippen LogP contribution in [0, 0.1) is 10.1 Å². The second-order valence-corrected chi connectivity index (χ2v) is 4.64. The van der Waals surface area contributed by atoms with Crippen molar-refractivity contribution in [1.82, 2.24) is 5.32 Å². The fraction of sp³-hybridized carbons (Fsp3) is 0.143. The fourth-order valence-electron chi connectivity index (χ4n) is 1.87. The Bertz CT molecular complexity index is 632. The van der Waals surface area contributed by atoms with Crippen LogP contribution in [0.3, 0.4) is 0 Å². The van der Waals surface area contributed by atoms with Crippen molar-refractivity contribution in [3.8, 4) is 5.75 Å². The van der Waals surface area contributed by atoms with Crippen molar-refractivity contribution in [3.05, 3.63) is 68.7 Å². The molecule has 0 spiro atoms. The molecule has 2 N–H and O–H groups in total. The first-order valence-corrected chi connectivity index (χ1v) is 6.36. The molecular formula is C14H13ClN2O3. The van der Waals surface area contributed by atoms with Gasteiger partial charge < -0.3 is 10.4 Å². The number of benzene rings is 2. The summed E-state index contributed by atoms with van der Waals surface area (Å²) in [5, 5.41) is 24.0. The van der Waals surface area contributed by atoms with Gasteiger partial charge in [-0.05, 0) is 6.07 Å². The number of nitrogens with zero attached hydrogens (tertiary/aromatic N) is 1. The monoisotopic (exact) mass is 292 g/mol. The molecule has 0 bridgehead atoms. The van der Waals surface area contributed by atoms with Crippen molar-refractivity contribution in [3.63, 3.8) is 0 Å². The van der Waals surface area contributed by atoms with Gasteiger partial charge in [0.1, 0.15) is 5.75 Å². The molecule has 0 aliphatic heterocycles. The molecule has 0 radical (unpaired) electrons. The molecule has 2 aromatic carbocycles. The van der Waals surface area contributed by atoms with Gasteiger partial charge in [-0.25, -0.2) is 0 Å². The third-order valence-corrected chi connectivity index (χ3v) is 3.19. The Kier molecular flexibility index (Phi) is 4.55. The number of hydrogen-bond donors (Lipinski definition) is 2. The average Bonchev–Trinajstić information content (AvgIpc) is 2.44. The summed E-state index contributed by atoms with van der Waals surface area (Å²) >= 11 is 5.81. The smallest absolute Gasteiger partial charge is 0.273 e. The fourth-order valence-corrected chi connectivity index (χ4v) is 2.07. The minimum Gasteiger partial charge on any atom is -0.506 e. The van der Waals surface area contributed by atoms with Crippen LogP contribution in [0.4, 0.5) is 5.69 Å². The molecule has 20 heavy (non-hydrogen) atoms. The zero-order valence-electron chi connectivity index (χ0n) is 10.5. The van der Waals surface area contributed by atoms with Crippen LogP contribution in [0.5, 0.6) is 5.75 Å². The highest BCUT2D eigenvalue weighted by Crippen LogP contribution is 2.26.